The first-order valence-electron chi connectivity index (χ1n) is 10.3. The normalized spacial score (nSPS) is 18.1. The molecule has 2 aromatic rings. The van der Waals surface area contributed by atoms with Gasteiger partial charge in [-0.1, -0.05) is 0 Å². The number of benzene rings is 2. The predicted octanol–water partition coefficient (Wildman–Crippen LogP) is 3.36. The predicted molar refractivity (Wildman–Crippen MR) is 111 cm³/mol. The van der Waals surface area contributed by atoms with Gasteiger partial charge in [-0.05, 0) is 73.7 Å². The fourth-order valence-electron chi connectivity index (χ4n) is 4.18. The van der Waals surface area contributed by atoms with Crippen LogP contribution in [0.2, 0.25) is 0 Å². The zero-order valence-electron chi connectivity index (χ0n) is 16.2. The Morgan fingerprint density at radius 1 is 0.966 bits per heavy atom. The van der Waals surface area contributed by atoms with Gasteiger partial charge in [0.2, 0.25) is 11.8 Å². The second-order valence-corrected chi connectivity index (χ2v) is 8.01. The molecule has 0 aromatic heterocycles. The highest BCUT2D eigenvalue weighted by Crippen LogP contribution is 2.37. The van der Waals surface area contributed by atoms with Crippen molar-refractivity contribution in [3.05, 3.63) is 53.6 Å². The van der Waals surface area contributed by atoms with Crippen LogP contribution in [0.15, 0.2) is 42.5 Å². The summed E-state index contributed by atoms with van der Waals surface area (Å²) in [6.45, 7) is 1.46. The van der Waals surface area contributed by atoms with E-state index in [4.69, 9.17) is 0 Å². The maximum atomic E-state index is 12.6. The van der Waals surface area contributed by atoms with Gasteiger partial charge in [0, 0.05) is 48.1 Å². The van der Waals surface area contributed by atoms with Crippen molar-refractivity contribution in [2.75, 3.05) is 28.2 Å². The van der Waals surface area contributed by atoms with Crippen LogP contribution in [0.4, 0.5) is 17.1 Å². The highest BCUT2D eigenvalue weighted by atomic mass is 16.2. The SMILES string of the molecule is O=C(Nc1ccc2c(c1)CCN2C(=O)C1CC1)c1ccc(N2CCCC2=O)cc1. The number of fused-ring (bicyclic) bond motifs is 1. The van der Waals surface area contributed by atoms with Crippen LogP contribution in [-0.2, 0) is 16.0 Å². The van der Waals surface area contributed by atoms with Gasteiger partial charge in [0.1, 0.15) is 0 Å². The Bertz CT molecular complexity index is 995. The molecule has 6 nitrogen and oxygen atoms in total. The Kier molecular flexibility index (Phi) is 4.34. The summed E-state index contributed by atoms with van der Waals surface area (Å²) in [5, 5.41) is 2.94. The zero-order valence-corrected chi connectivity index (χ0v) is 16.2. The lowest BCUT2D eigenvalue weighted by molar-refractivity contribution is -0.119. The quantitative estimate of drug-likeness (QED) is 0.872. The van der Waals surface area contributed by atoms with Crippen LogP contribution in [-0.4, -0.2) is 30.8 Å². The molecule has 5 rings (SSSR count). The molecule has 1 saturated carbocycles. The van der Waals surface area contributed by atoms with E-state index < -0.39 is 0 Å². The Hall–Kier alpha value is -3.15. The average Bonchev–Trinajstić information content (AvgIpc) is 3.37. The number of anilines is 3. The van der Waals surface area contributed by atoms with Crippen molar-refractivity contribution in [2.45, 2.75) is 32.1 Å². The molecule has 0 atom stereocenters. The molecule has 6 heteroatoms. The maximum absolute atomic E-state index is 12.6. The van der Waals surface area contributed by atoms with E-state index in [9.17, 15) is 14.4 Å². The van der Waals surface area contributed by atoms with E-state index in [0.717, 1.165) is 61.4 Å². The minimum absolute atomic E-state index is 0.134. The maximum Gasteiger partial charge on any atom is 0.255 e. The van der Waals surface area contributed by atoms with E-state index in [0.29, 0.717) is 12.0 Å². The van der Waals surface area contributed by atoms with Gasteiger partial charge in [-0.15, -0.1) is 0 Å². The topological polar surface area (TPSA) is 69.7 Å². The lowest BCUT2D eigenvalue weighted by Crippen LogP contribution is -2.30. The van der Waals surface area contributed by atoms with Crippen LogP contribution >= 0.6 is 0 Å². The molecule has 2 aliphatic heterocycles. The smallest absolute Gasteiger partial charge is 0.255 e. The minimum atomic E-state index is -0.187. The van der Waals surface area contributed by atoms with Crippen molar-refractivity contribution in [1.82, 2.24) is 0 Å². The molecule has 2 fully saturated rings. The monoisotopic (exact) mass is 389 g/mol. The Balaban J connectivity index is 1.27. The summed E-state index contributed by atoms with van der Waals surface area (Å²) in [5.74, 6) is 0.388. The van der Waals surface area contributed by atoms with Crippen molar-refractivity contribution in [3.8, 4) is 0 Å². The number of carbonyl (C=O) groups excluding carboxylic acids is 3. The fraction of sp³-hybridized carbons (Fsp3) is 0.348. The van der Waals surface area contributed by atoms with Crippen LogP contribution < -0.4 is 15.1 Å². The van der Waals surface area contributed by atoms with Gasteiger partial charge in [-0.3, -0.25) is 14.4 Å². The van der Waals surface area contributed by atoms with Crippen LogP contribution in [0.1, 0.15) is 41.6 Å². The molecule has 2 heterocycles. The average molecular weight is 389 g/mol. The first-order valence-corrected chi connectivity index (χ1v) is 10.3. The molecular formula is C23H23N3O3. The molecule has 0 spiro atoms. The summed E-state index contributed by atoms with van der Waals surface area (Å²) in [5.41, 5.74) is 4.18. The number of hydrogen-bond acceptors (Lipinski definition) is 3. The van der Waals surface area contributed by atoms with Gasteiger partial charge in [0.05, 0.1) is 0 Å². The standard InChI is InChI=1S/C23H23N3O3/c27-21-2-1-12-25(21)19-8-5-15(6-9-19)22(28)24-18-7-10-20-17(14-18)11-13-26(20)23(29)16-3-4-16/h5-10,14,16H,1-4,11-13H2,(H,24,28). The highest BCUT2D eigenvalue weighted by Gasteiger charge is 2.36. The fourth-order valence-corrected chi connectivity index (χ4v) is 4.18. The first-order chi connectivity index (χ1) is 14.1. The van der Waals surface area contributed by atoms with Gasteiger partial charge in [0.25, 0.3) is 5.91 Å². The summed E-state index contributed by atoms with van der Waals surface area (Å²) in [6, 6.07) is 12.9. The Labute approximate surface area is 169 Å². The van der Waals surface area contributed by atoms with Crippen molar-refractivity contribution in [3.63, 3.8) is 0 Å². The largest absolute Gasteiger partial charge is 0.322 e. The minimum Gasteiger partial charge on any atom is -0.322 e. The van der Waals surface area contributed by atoms with Crippen LogP contribution in [0.3, 0.4) is 0 Å². The van der Waals surface area contributed by atoms with E-state index in [1.807, 2.05) is 35.2 Å². The van der Waals surface area contributed by atoms with E-state index in [1.165, 1.54) is 0 Å². The lowest BCUT2D eigenvalue weighted by Gasteiger charge is -2.17. The molecule has 1 aliphatic carbocycles. The molecular weight excluding hydrogens is 366 g/mol. The molecule has 0 radical (unpaired) electrons. The van der Waals surface area contributed by atoms with Crippen molar-refractivity contribution in [2.24, 2.45) is 5.92 Å². The van der Waals surface area contributed by atoms with Gasteiger partial charge >= 0.3 is 0 Å². The van der Waals surface area contributed by atoms with Crippen LogP contribution in [0, 0.1) is 5.92 Å². The van der Waals surface area contributed by atoms with E-state index >= 15 is 0 Å². The molecule has 1 saturated heterocycles. The number of carbonyl (C=O) groups is 3. The summed E-state index contributed by atoms with van der Waals surface area (Å²) in [4.78, 5) is 40.5. The van der Waals surface area contributed by atoms with Crippen molar-refractivity contribution in [1.29, 1.82) is 0 Å². The van der Waals surface area contributed by atoms with Gasteiger partial charge < -0.3 is 15.1 Å². The summed E-state index contributed by atoms with van der Waals surface area (Å²) in [6.07, 6.45) is 4.29. The number of amides is 3. The van der Waals surface area contributed by atoms with Crippen LogP contribution in [0.25, 0.3) is 0 Å². The third-order valence-electron chi connectivity index (χ3n) is 5.94. The number of rotatable bonds is 4. The molecule has 3 amide bonds. The van der Waals surface area contributed by atoms with Gasteiger partial charge in [-0.2, -0.15) is 0 Å². The third-order valence-corrected chi connectivity index (χ3v) is 5.94. The van der Waals surface area contributed by atoms with Gasteiger partial charge in [0.15, 0.2) is 0 Å². The van der Waals surface area contributed by atoms with Crippen LogP contribution in [0.5, 0.6) is 0 Å². The molecule has 2 aromatic carbocycles. The second kappa shape index (κ2) is 7.03. The van der Waals surface area contributed by atoms with E-state index in [1.54, 1.807) is 17.0 Å². The number of hydrogen-bond donors (Lipinski definition) is 1. The summed E-state index contributed by atoms with van der Waals surface area (Å²) >= 11 is 0. The highest BCUT2D eigenvalue weighted by molar-refractivity contribution is 6.05. The summed E-state index contributed by atoms with van der Waals surface area (Å²) < 4.78 is 0. The van der Waals surface area contributed by atoms with E-state index in [-0.39, 0.29) is 23.6 Å². The Morgan fingerprint density at radius 2 is 1.76 bits per heavy atom. The summed E-state index contributed by atoms with van der Waals surface area (Å²) in [7, 11) is 0. The molecule has 148 valence electrons. The zero-order chi connectivity index (χ0) is 20.0. The first kappa shape index (κ1) is 17.9. The van der Waals surface area contributed by atoms with Crippen molar-refractivity contribution >= 4 is 34.8 Å². The van der Waals surface area contributed by atoms with E-state index in [2.05, 4.69) is 5.32 Å². The number of nitrogens with one attached hydrogen (secondary N) is 1. The van der Waals surface area contributed by atoms with Crippen molar-refractivity contribution < 1.29 is 14.4 Å². The molecule has 29 heavy (non-hydrogen) atoms. The molecule has 0 bridgehead atoms. The molecule has 3 aliphatic rings. The Morgan fingerprint density at radius 3 is 2.45 bits per heavy atom. The number of nitrogens with zero attached hydrogens (tertiary/aromatic N) is 2. The molecule has 1 N–H and O–H groups in total. The molecule has 0 unspecified atom stereocenters. The lowest BCUT2D eigenvalue weighted by atomic mass is 10.1. The third kappa shape index (κ3) is 3.39. The second-order valence-electron chi connectivity index (χ2n) is 8.01. The van der Waals surface area contributed by atoms with Gasteiger partial charge in [-0.25, -0.2) is 0 Å².